The summed E-state index contributed by atoms with van der Waals surface area (Å²) in [6.07, 6.45) is 0.574. The second-order valence-corrected chi connectivity index (χ2v) is 5.46. The van der Waals surface area contributed by atoms with Crippen LogP contribution < -0.4 is 0 Å². The molecule has 0 bridgehead atoms. The molecule has 0 aliphatic heterocycles. The summed E-state index contributed by atoms with van der Waals surface area (Å²) in [6, 6.07) is 21.1. The van der Waals surface area contributed by atoms with Crippen molar-refractivity contribution in [3.05, 3.63) is 83.4 Å². The van der Waals surface area contributed by atoms with Gasteiger partial charge in [-0.2, -0.15) is 0 Å². The van der Waals surface area contributed by atoms with Crippen LogP contribution >= 0.6 is 0 Å². The average molecular weight is 290 g/mol. The molecule has 2 nitrogen and oxygen atoms in total. The molecule has 3 aromatic carbocycles. The Hall–Kier alpha value is -2.74. The van der Waals surface area contributed by atoms with Crippen LogP contribution in [0.4, 0.5) is 0 Å². The third-order valence-corrected chi connectivity index (χ3v) is 3.90. The van der Waals surface area contributed by atoms with Gasteiger partial charge in [0.1, 0.15) is 11.5 Å². The maximum absolute atomic E-state index is 10.0. The molecule has 0 fully saturated rings. The third-order valence-electron chi connectivity index (χ3n) is 3.90. The molecule has 0 atom stereocenters. The SMILES string of the molecule is Cc1ccccc1-c1ccccc1Cc1cc(O)ccc1O. The minimum atomic E-state index is 0.168. The van der Waals surface area contributed by atoms with E-state index in [1.54, 1.807) is 6.07 Å². The second-order valence-electron chi connectivity index (χ2n) is 5.46. The molecule has 3 rings (SSSR count). The Morgan fingerprint density at radius 1 is 0.727 bits per heavy atom. The molecule has 22 heavy (non-hydrogen) atoms. The van der Waals surface area contributed by atoms with Crippen LogP contribution in [-0.4, -0.2) is 10.2 Å². The molecule has 0 saturated heterocycles. The van der Waals surface area contributed by atoms with Gasteiger partial charge >= 0.3 is 0 Å². The predicted molar refractivity (Wildman–Crippen MR) is 89.2 cm³/mol. The Kier molecular flexibility index (Phi) is 3.84. The topological polar surface area (TPSA) is 40.5 Å². The van der Waals surface area contributed by atoms with E-state index in [0.717, 1.165) is 16.7 Å². The van der Waals surface area contributed by atoms with Gasteiger partial charge in [-0.05, 0) is 47.4 Å². The molecular weight excluding hydrogens is 272 g/mol. The number of aryl methyl sites for hydroxylation is 1. The Bertz CT molecular complexity index is 806. The van der Waals surface area contributed by atoms with Gasteiger partial charge in [-0.15, -0.1) is 0 Å². The van der Waals surface area contributed by atoms with E-state index in [2.05, 4.69) is 31.2 Å². The zero-order chi connectivity index (χ0) is 15.5. The Balaban J connectivity index is 2.06. The fourth-order valence-electron chi connectivity index (χ4n) is 2.73. The van der Waals surface area contributed by atoms with Gasteiger partial charge in [0.05, 0.1) is 0 Å². The van der Waals surface area contributed by atoms with Crippen LogP contribution in [0.1, 0.15) is 16.7 Å². The van der Waals surface area contributed by atoms with E-state index in [-0.39, 0.29) is 11.5 Å². The van der Waals surface area contributed by atoms with E-state index in [4.69, 9.17) is 0 Å². The van der Waals surface area contributed by atoms with Crippen molar-refractivity contribution < 1.29 is 10.2 Å². The molecule has 2 heteroatoms. The fourth-order valence-corrected chi connectivity index (χ4v) is 2.73. The Labute approximate surface area is 130 Å². The summed E-state index contributed by atoms with van der Waals surface area (Å²) in [5.41, 5.74) is 5.41. The van der Waals surface area contributed by atoms with Gasteiger partial charge < -0.3 is 10.2 Å². The van der Waals surface area contributed by atoms with E-state index in [1.165, 1.54) is 23.3 Å². The van der Waals surface area contributed by atoms with Crippen molar-refractivity contribution in [1.82, 2.24) is 0 Å². The quantitative estimate of drug-likeness (QED) is 0.688. The first-order chi connectivity index (χ1) is 10.6. The minimum absolute atomic E-state index is 0.168. The number of rotatable bonds is 3. The number of aromatic hydroxyl groups is 2. The summed E-state index contributed by atoms with van der Waals surface area (Å²) in [7, 11) is 0. The van der Waals surface area contributed by atoms with E-state index in [1.807, 2.05) is 24.3 Å². The number of phenolic OH excluding ortho intramolecular Hbond substituents is 2. The normalized spacial score (nSPS) is 10.6. The van der Waals surface area contributed by atoms with E-state index < -0.39 is 0 Å². The molecule has 0 amide bonds. The van der Waals surface area contributed by atoms with Gasteiger partial charge in [0.2, 0.25) is 0 Å². The van der Waals surface area contributed by atoms with Gasteiger partial charge in [-0.3, -0.25) is 0 Å². The lowest BCUT2D eigenvalue weighted by Crippen LogP contribution is -1.94. The zero-order valence-corrected chi connectivity index (χ0v) is 12.5. The number of benzene rings is 3. The van der Waals surface area contributed by atoms with Gasteiger partial charge in [-0.1, -0.05) is 48.5 Å². The molecule has 0 aliphatic carbocycles. The van der Waals surface area contributed by atoms with Crippen LogP contribution in [0.2, 0.25) is 0 Å². The van der Waals surface area contributed by atoms with Crippen molar-refractivity contribution in [1.29, 1.82) is 0 Å². The molecule has 0 spiro atoms. The van der Waals surface area contributed by atoms with Crippen molar-refractivity contribution in [2.24, 2.45) is 0 Å². The van der Waals surface area contributed by atoms with Crippen LogP contribution in [0.5, 0.6) is 11.5 Å². The fraction of sp³-hybridized carbons (Fsp3) is 0.100. The molecule has 0 radical (unpaired) electrons. The van der Waals surface area contributed by atoms with Gasteiger partial charge in [-0.25, -0.2) is 0 Å². The van der Waals surface area contributed by atoms with Gasteiger partial charge in [0.15, 0.2) is 0 Å². The van der Waals surface area contributed by atoms with Crippen molar-refractivity contribution in [3.8, 4) is 22.6 Å². The van der Waals surface area contributed by atoms with Crippen molar-refractivity contribution in [2.75, 3.05) is 0 Å². The van der Waals surface area contributed by atoms with Crippen molar-refractivity contribution in [2.45, 2.75) is 13.3 Å². The molecule has 0 unspecified atom stereocenters. The van der Waals surface area contributed by atoms with Crippen LogP contribution in [0, 0.1) is 6.92 Å². The lowest BCUT2D eigenvalue weighted by Gasteiger charge is -2.13. The number of hydrogen-bond donors (Lipinski definition) is 2. The van der Waals surface area contributed by atoms with Crippen molar-refractivity contribution >= 4 is 0 Å². The molecular formula is C20H18O2. The number of phenols is 2. The summed E-state index contributed by atoms with van der Waals surface area (Å²) in [6.45, 7) is 2.10. The highest BCUT2D eigenvalue weighted by Crippen LogP contribution is 2.31. The standard InChI is InChI=1S/C20H18O2/c1-14-6-2-4-8-18(14)19-9-5-3-7-15(19)12-16-13-17(21)10-11-20(16)22/h2-11,13,21-22H,12H2,1H3. The summed E-state index contributed by atoms with van der Waals surface area (Å²) >= 11 is 0. The molecule has 0 heterocycles. The molecule has 0 aliphatic rings. The first-order valence-corrected chi connectivity index (χ1v) is 7.30. The first-order valence-electron chi connectivity index (χ1n) is 7.30. The largest absolute Gasteiger partial charge is 0.508 e. The number of hydrogen-bond acceptors (Lipinski definition) is 2. The zero-order valence-electron chi connectivity index (χ0n) is 12.5. The maximum atomic E-state index is 10.0. The lowest BCUT2D eigenvalue weighted by molar-refractivity contribution is 0.455. The Morgan fingerprint density at radius 2 is 1.41 bits per heavy atom. The lowest BCUT2D eigenvalue weighted by atomic mass is 9.92. The summed E-state index contributed by atoms with van der Waals surface area (Å²) < 4.78 is 0. The van der Waals surface area contributed by atoms with E-state index in [0.29, 0.717) is 6.42 Å². The van der Waals surface area contributed by atoms with Gasteiger partial charge in [0, 0.05) is 12.0 Å². The molecule has 110 valence electrons. The molecule has 3 aromatic rings. The Morgan fingerprint density at radius 3 is 2.18 bits per heavy atom. The molecule has 0 aromatic heterocycles. The highest BCUT2D eigenvalue weighted by molar-refractivity contribution is 5.71. The third kappa shape index (κ3) is 2.82. The average Bonchev–Trinajstić information content (AvgIpc) is 2.52. The summed E-state index contributed by atoms with van der Waals surface area (Å²) in [4.78, 5) is 0. The van der Waals surface area contributed by atoms with E-state index in [9.17, 15) is 10.2 Å². The first kappa shape index (κ1) is 14.2. The van der Waals surface area contributed by atoms with Crippen molar-refractivity contribution in [3.63, 3.8) is 0 Å². The summed E-state index contributed by atoms with van der Waals surface area (Å²) in [5, 5.41) is 19.6. The minimum Gasteiger partial charge on any atom is -0.508 e. The van der Waals surface area contributed by atoms with Crippen LogP contribution in [-0.2, 0) is 6.42 Å². The van der Waals surface area contributed by atoms with E-state index >= 15 is 0 Å². The predicted octanol–water partition coefficient (Wildman–Crippen LogP) is 4.66. The maximum Gasteiger partial charge on any atom is 0.119 e. The highest BCUT2D eigenvalue weighted by atomic mass is 16.3. The highest BCUT2D eigenvalue weighted by Gasteiger charge is 2.10. The second kappa shape index (κ2) is 5.94. The molecule has 0 saturated carbocycles. The monoisotopic (exact) mass is 290 g/mol. The van der Waals surface area contributed by atoms with Crippen LogP contribution in [0.3, 0.4) is 0 Å². The van der Waals surface area contributed by atoms with Crippen LogP contribution in [0.25, 0.3) is 11.1 Å². The van der Waals surface area contributed by atoms with Crippen LogP contribution in [0.15, 0.2) is 66.7 Å². The molecule has 2 N–H and O–H groups in total. The van der Waals surface area contributed by atoms with Gasteiger partial charge in [0.25, 0.3) is 0 Å². The smallest absolute Gasteiger partial charge is 0.119 e. The summed E-state index contributed by atoms with van der Waals surface area (Å²) in [5.74, 6) is 0.374.